The molecule has 0 aromatic carbocycles. The number of thiophene rings is 1. The standard InChI is InChI=1S/C11H13NS/c1-2-11(13-7-1)10-8-12-5-3-9(10)4-6-12/h1-2,7-9H,3-6H2. The summed E-state index contributed by atoms with van der Waals surface area (Å²) in [4.78, 5) is 3.95. The third-order valence-electron chi connectivity index (χ3n) is 3.10. The van der Waals surface area contributed by atoms with Gasteiger partial charge < -0.3 is 4.90 Å². The van der Waals surface area contributed by atoms with Gasteiger partial charge in [0, 0.05) is 24.2 Å². The van der Waals surface area contributed by atoms with Crippen LogP contribution in [0.1, 0.15) is 17.7 Å². The van der Waals surface area contributed by atoms with Crippen molar-refractivity contribution >= 4 is 16.9 Å². The molecule has 0 saturated carbocycles. The molecule has 1 nitrogen and oxygen atoms in total. The Hall–Kier alpha value is -0.760. The van der Waals surface area contributed by atoms with E-state index in [0.717, 1.165) is 5.92 Å². The van der Waals surface area contributed by atoms with Gasteiger partial charge in [0.15, 0.2) is 0 Å². The zero-order valence-electron chi connectivity index (χ0n) is 7.57. The molecule has 1 saturated heterocycles. The van der Waals surface area contributed by atoms with Gasteiger partial charge in [0.05, 0.1) is 0 Å². The summed E-state index contributed by atoms with van der Waals surface area (Å²) in [6.45, 7) is 2.55. The number of rotatable bonds is 1. The van der Waals surface area contributed by atoms with E-state index < -0.39 is 0 Å². The van der Waals surface area contributed by atoms with E-state index in [1.54, 1.807) is 5.57 Å². The fourth-order valence-corrected chi connectivity index (χ4v) is 3.17. The highest BCUT2D eigenvalue weighted by Crippen LogP contribution is 2.38. The first-order chi connectivity index (χ1) is 6.43. The van der Waals surface area contributed by atoms with Crippen LogP contribution in [0.4, 0.5) is 0 Å². The molecule has 3 aliphatic rings. The molecule has 4 rings (SSSR count). The lowest BCUT2D eigenvalue weighted by atomic mass is 9.85. The summed E-state index contributed by atoms with van der Waals surface area (Å²) >= 11 is 1.87. The molecule has 2 bridgehead atoms. The fraction of sp³-hybridized carbons (Fsp3) is 0.455. The number of hydrogen-bond acceptors (Lipinski definition) is 2. The molecule has 0 unspecified atom stereocenters. The Labute approximate surface area is 82.7 Å². The smallest absolute Gasteiger partial charge is 0.0319 e. The predicted molar refractivity (Wildman–Crippen MR) is 56.6 cm³/mol. The van der Waals surface area contributed by atoms with Crippen molar-refractivity contribution in [3.8, 4) is 0 Å². The summed E-state index contributed by atoms with van der Waals surface area (Å²) in [6.07, 6.45) is 5.11. The van der Waals surface area contributed by atoms with Gasteiger partial charge in [-0.25, -0.2) is 0 Å². The normalized spacial score (nSPS) is 22.2. The van der Waals surface area contributed by atoms with Gasteiger partial charge in [-0.1, -0.05) is 6.07 Å². The summed E-state index contributed by atoms with van der Waals surface area (Å²) in [5.74, 6) is 0.851. The van der Waals surface area contributed by atoms with E-state index in [0.29, 0.717) is 0 Å². The van der Waals surface area contributed by atoms with Gasteiger partial charge in [0.2, 0.25) is 0 Å². The highest BCUT2D eigenvalue weighted by atomic mass is 32.1. The fourth-order valence-electron chi connectivity index (χ4n) is 2.35. The van der Waals surface area contributed by atoms with Gasteiger partial charge in [-0.05, 0) is 35.8 Å². The van der Waals surface area contributed by atoms with Crippen LogP contribution in [0.3, 0.4) is 0 Å². The van der Waals surface area contributed by atoms with Crippen LogP contribution in [0.5, 0.6) is 0 Å². The molecule has 1 aromatic rings. The number of fused-ring (bicyclic) bond motifs is 2. The van der Waals surface area contributed by atoms with Crippen LogP contribution in [0.15, 0.2) is 23.7 Å². The van der Waals surface area contributed by atoms with Crippen molar-refractivity contribution in [3.05, 3.63) is 28.6 Å². The molecule has 0 atom stereocenters. The van der Waals surface area contributed by atoms with E-state index in [4.69, 9.17) is 0 Å². The average molecular weight is 191 g/mol. The van der Waals surface area contributed by atoms with Crippen LogP contribution in [0, 0.1) is 5.92 Å². The molecule has 2 heteroatoms. The van der Waals surface area contributed by atoms with Crippen LogP contribution < -0.4 is 0 Å². The SMILES string of the molecule is C1=C(c2cccs2)C2CCN1CC2. The third-order valence-corrected chi connectivity index (χ3v) is 4.02. The van der Waals surface area contributed by atoms with Crippen molar-refractivity contribution in [1.82, 2.24) is 4.90 Å². The summed E-state index contributed by atoms with van der Waals surface area (Å²) in [5.41, 5.74) is 1.59. The lowest BCUT2D eigenvalue weighted by Crippen LogP contribution is -2.35. The Morgan fingerprint density at radius 1 is 1.31 bits per heavy atom. The zero-order valence-corrected chi connectivity index (χ0v) is 8.39. The van der Waals surface area contributed by atoms with Crippen molar-refractivity contribution in [2.24, 2.45) is 5.92 Å². The first-order valence-corrected chi connectivity index (χ1v) is 5.81. The molecule has 13 heavy (non-hydrogen) atoms. The first kappa shape index (κ1) is 7.63. The number of hydrogen-bond donors (Lipinski definition) is 0. The minimum absolute atomic E-state index is 0.851. The Bertz CT molecular complexity index is 318. The largest absolute Gasteiger partial charge is 0.377 e. The second-order valence-electron chi connectivity index (χ2n) is 3.87. The Balaban J connectivity index is 2.00. The molecule has 1 aromatic heterocycles. The van der Waals surface area contributed by atoms with Crippen molar-refractivity contribution in [1.29, 1.82) is 0 Å². The minimum Gasteiger partial charge on any atom is -0.377 e. The van der Waals surface area contributed by atoms with Crippen molar-refractivity contribution in [2.45, 2.75) is 12.8 Å². The molecule has 0 spiro atoms. The molecule has 0 radical (unpaired) electrons. The molecule has 1 fully saturated rings. The second-order valence-corrected chi connectivity index (χ2v) is 4.82. The van der Waals surface area contributed by atoms with Crippen LogP contribution in [-0.2, 0) is 0 Å². The van der Waals surface area contributed by atoms with E-state index in [1.165, 1.54) is 30.8 Å². The molecule has 0 amide bonds. The summed E-state index contributed by atoms with van der Waals surface area (Å²) in [7, 11) is 0. The van der Waals surface area contributed by atoms with Gasteiger partial charge in [0.25, 0.3) is 0 Å². The Morgan fingerprint density at radius 2 is 2.15 bits per heavy atom. The Kier molecular flexibility index (Phi) is 1.69. The van der Waals surface area contributed by atoms with Gasteiger partial charge in [-0.15, -0.1) is 11.3 Å². The first-order valence-electron chi connectivity index (χ1n) is 4.93. The van der Waals surface area contributed by atoms with E-state index in [2.05, 4.69) is 28.6 Å². The van der Waals surface area contributed by atoms with Crippen LogP contribution in [0.2, 0.25) is 0 Å². The quantitative estimate of drug-likeness (QED) is 0.659. The van der Waals surface area contributed by atoms with E-state index in [1.807, 2.05) is 11.3 Å². The van der Waals surface area contributed by atoms with Crippen LogP contribution in [0.25, 0.3) is 5.57 Å². The van der Waals surface area contributed by atoms with Gasteiger partial charge in [-0.2, -0.15) is 0 Å². The molecule has 4 heterocycles. The topological polar surface area (TPSA) is 3.24 Å². The van der Waals surface area contributed by atoms with Gasteiger partial charge in [-0.3, -0.25) is 0 Å². The van der Waals surface area contributed by atoms with E-state index in [9.17, 15) is 0 Å². The number of allylic oxidation sites excluding steroid dienone is 1. The third kappa shape index (κ3) is 1.20. The minimum atomic E-state index is 0.851. The van der Waals surface area contributed by atoms with Gasteiger partial charge >= 0.3 is 0 Å². The molecule has 0 N–H and O–H groups in total. The van der Waals surface area contributed by atoms with Crippen LogP contribution in [-0.4, -0.2) is 18.0 Å². The molecule has 0 aliphatic carbocycles. The van der Waals surface area contributed by atoms with Crippen molar-refractivity contribution in [2.75, 3.05) is 13.1 Å². The summed E-state index contributed by atoms with van der Waals surface area (Å²) in [5, 5.41) is 2.17. The maximum absolute atomic E-state index is 2.47. The number of nitrogens with zero attached hydrogens (tertiary/aromatic N) is 1. The summed E-state index contributed by atoms with van der Waals surface area (Å²) < 4.78 is 0. The molecule has 3 aliphatic heterocycles. The number of piperidine rings is 1. The zero-order chi connectivity index (χ0) is 8.67. The van der Waals surface area contributed by atoms with Crippen molar-refractivity contribution in [3.63, 3.8) is 0 Å². The maximum atomic E-state index is 2.47. The average Bonchev–Trinajstić information content (AvgIpc) is 2.72. The van der Waals surface area contributed by atoms with Crippen molar-refractivity contribution < 1.29 is 0 Å². The van der Waals surface area contributed by atoms with Crippen LogP contribution >= 0.6 is 11.3 Å². The maximum Gasteiger partial charge on any atom is 0.0319 e. The highest BCUT2D eigenvalue weighted by molar-refractivity contribution is 7.11. The lowest BCUT2D eigenvalue weighted by molar-refractivity contribution is 0.253. The molecular formula is C11H13NS. The Morgan fingerprint density at radius 3 is 2.69 bits per heavy atom. The van der Waals surface area contributed by atoms with Gasteiger partial charge in [0.1, 0.15) is 0 Å². The monoisotopic (exact) mass is 191 g/mol. The van der Waals surface area contributed by atoms with E-state index in [-0.39, 0.29) is 0 Å². The summed E-state index contributed by atoms with van der Waals surface area (Å²) in [6, 6.07) is 4.40. The molecular weight excluding hydrogens is 178 g/mol. The molecule has 68 valence electrons. The van der Waals surface area contributed by atoms with E-state index >= 15 is 0 Å². The predicted octanol–water partition coefficient (Wildman–Crippen LogP) is 2.81. The highest BCUT2D eigenvalue weighted by Gasteiger charge is 2.27. The second kappa shape index (κ2) is 2.88. The lowest BCUT2D eigenvalue weighted by Gasteiger charge is -2.38.